The van der Waals surface area contributed by atoms with Crippen LogP contribution in [0, 0.1) is 5.82 Å². The van der Waals surface area contributed by atoms with Gasteiger partial charge in [-0.1, -0.05) is 48.5 Å². The summed E-state index contributed by atoms with van der Waals surface area (Å²) >= 11 is 0. The molecular formula is C16H16FNO3. The molecule has 0 bridgehead atoms. The molecule has 4 nitrogen and oxygen atoms in total. The predicted octanol–water partition coefficient (Wildman–Crippen LogP) is 2.79. The van der Waals surface area contributed by atoms with E-state index in [4.69, 9.17) is 4.74 Å². The van der Waals surface area contributed by atoms with Gasteiger partial charge < -0.3 is 15.2 Å². The van der Waals surface area contributed by atoms with Crippen LogP contribution in [0.3, 0.4) is 0 Å². The van der Waals surface area contributed by atoms with Crippen molar-refractivity contribution in [1.82, 2.24) is 5.32 Å². The van der Waals surface area contributed by atoms with Crippen LogP contribution in [0.1, 0.15) is 17.2 Å². The third-order valence-corrected chi connectivity index (χ3v) is 2.97. The van der Waals surface area contributed by atoms with E-state index >= 15 is 0 Å². The fraction of sp³-hybridized carbons (Fsp3) is 0.188. The highest BCUT2D eigenvalue weighted by Gasteiger charge is 2.17. The van der Waals surface area contributed by atoms with Gasteiger partial charge >= 0.3 is 6.09 Å². The smallest absolute Gasteiger partial charge is 0.408 e. The average Bonchev–Trinajstić information content (AvgIpc) is 2.52. The molecule has 0 unspecified atom stereocenters. The summed E-state index contributed by atoms with van der Waals surface area (Å²) in [4.78, 5) is 11.7. The van der Waals surface area contributed by atoms with Gasteiger partial charge in [-0.3, -0.25) is 0 Å². The van der Waals surface area contributed by atoms with Gasteiger partial charge in [0.05, 0.1) is 12.6 Å². The fourth-order valence-electron chi connectivity index (χ4n) is 1.89. The van der Waals surface area contributed by atoms with Gasteiger partial charge in [-0.15, -0.1) is 0 Å². The molecule has 0 saturated carbocycles. The molecule has 21 heavy (non-hydrogen) atoms. The van der Waals surface area contributed by atoms with E-state index in [0.29, 0.717) is 0 Å². The number of nitrogens with one attached hydrogen (secondary N) is 1. The number of hydrogen-bond acceptors (Lipinski definition) is 3. The Labute approximate surface area is 122 Å². The summed E-state index contributed by atoms with van der Waals surface area (Å²) in [5, 5.41) is 11.7. The maximum atomic E-state index is 13.6. The molecule has 0 heterocycles. The molecule has 1 atom stereocenters. The highest BCUT2D eigenvalue weighted by molar-refractivity contribution is 5.68. The van der Waals surface area contributed by atoms with Crippen LogP contribution in [-0.2, 0) is 11.3 Å². The predicted molar refractivity (Wildman–Crippen MR) is 76.0 cm³/mol. The zero-order valence-corrected chi connectivity index (χ0v) is 11.3. The number of halogens is 1. The van der Waals surface area contributed by atoms with Crippen LogP contribution in [0.4, 0.5) is 9.18 Å². The second-order valence-electron chi connectivity index (χ2n) is 4.46. The van der Waals surface area contributed by atoms with Crippen molar-refractivity contribution < 1.29 is 19.0 Å². The normalized spacial score (nSPS) is 11.7. The van der Waals surface area contributed by atoms with Crippen molar-refractivity contribution >= 4 is 6.09 Å². The second kappa shape index (κ2) is 7.40. The third kappa shape index (κ3) is 4.29. The van der Waals surface area contributed by atoms with Crippen LogP contribution in [0.25, 0.3) is 0 Å². The summed E-state index contributed by atoms with van der Waals surface area (Å²) in [6, 6.07) is 14.3. The Hall–Kier alpha value is -2.40. The number of aliphatic hydroxyl groups is 1. The molecule has 1 amide bonds. The number of alkyl carbamates (subject to hydrolysis) is 1. The Morgan fingerprint density at radius 3 is 2.48 bits per heavy atom. The van der Waals surface area contributed by atoms with Gasteiger partial charge in [-0.05, 0) is 11.6 Å². The number of aliphatic hydroxyl groups excluding tert-OH is 1. The number of ether oxygens (including phenoxy) is 1. The second-order valence-corrected chi connectivity index (χ2v) is 4.46. The van der Waals surface area contributed by atoms with E-state index in [9.17, 15) is 14.3 Å². The molecule has 0 saturated heterocycles. The number of rotatable bonds is 5. The van der Waals surface area contributed by atoms with Gasteiger partial charge in [0.15, 0.2) is 0 Å². The molecule has 2 N–H and O–H groups in total. The summed E-state index contributed by atoms with van der Waals surface area (Å²) in [6.45, 7) is -0.302. The summed E-state index contributed by atoms with van der Waals surface area (Å²) in [5.74, 6) is -0.486. The first-order valence-electron chi connectivity index (χ1n) is 6.53. The van der Waals surface area contributed by atoms with Crippen LogP contribution in [-0.4, -0.2) is 17.8 Å². The fourth-order valence-corrected chi connectivity index (χ4v) is 1.89. The van der Waals surface area contributed by atoms with Crippen molar-refractivity contribution in [2.45, 2.75) is 12.6 Å². The quantitative estimate of drug-likeness (QED) is 0.890. The number of carbonyl (C=O) groups is 1. The van der Waals surface area contributed by atoms with Crippen LogP contribution in [0.15, 0.2) is 54.6 Å². The minimum Gasteiger partial charge on any atom is -0.445 e. The molecular weight excluding hydrogens is 273 g/mol. The monoisotopic (exact) mass is 289 g/mol. The Morgan fingerprint density at radius 1 is 1.14 bits per heavy atom. The van der Waals surface area contributed by atoms with Gasteiger partial charge in [0, 0.05) is 5.56 Å². The molecule has 0 spiro atoms. The third-order valence-electron chi connectivity index (χ3n) is 2.97. The first-order valence-corrected chi connectivity index (χ1v) is 6.53. The molecule has 110 valence electrons. The molecule has 0 aliphatic rings. The lowest BCUT2D eigenvalue weighted by molar-refractivity contribution is 0.129. The van der Waals surface area contributed by atoms with Gasteiger partial charge in [0.2, 0.25) is 0 Å². The van der Waals surface area contributed by atoms with Crippen LogP contribution in [0.5, 0.6) is 0 Å². The highest BCUT2D eigenvalue weighted by atomic mass is 19.1. The van der Waals surface area contributed by atoms with Crippen molar-refractivity contribution in [2.24, 2.45) is 0 Å². The van der Waals surface area contributed by atoms with E-state index in [1.165, 1.54) is 12.1 Å². The SMILES string of the molecule is O=C(N[C@H](CO)c1ccccc1F)OCc1ccccc1. The summed E-state index contributed by atoms with van der Waals surface area (Å²) in [5.41, 5.74) is 1.07. The van der Waals surface area contributed by atoms with Gasteiger partial charge in [-0.2, -0.15) is 0 Å². The molecule has 5 heteroatoms. The van der Waals surface area contributed by atoms with Crippen molar-refractivity contribution in [2.75, 3.05) is 6.61 Å². The summed E-state index contributed by atoms with van der Waals surface area (Å²) < 4.78 is 18.7. The largest absolute Gasteiger partial charge is 0.445 e. The minimum absolute atomic E-state index is 0.113. The van der Waals surface area contributed by atoms with E-state index in [1.54, 1.807) is 12.1 Å². The maximum absolute atomic E-state index is 13.6. The number of benzene rings is 2. The zero-order chi connectivity index (χ0) is 15.1. The zero-order valence-electron chi connectivity index (χ0n) is 11.3. The Balaban J connectivity index is 1.93. The molecule has 0 aliphatic heterocycles. The number of hydrogen-bond donors (Lipinski definition) is 2. The van der Waals surface area contributed by atoms with E-state index < -0.39 is 24.6 Å². The van der Waals surface area contributed by atoms with E-state index in [2.05, 4.69) is 5.32 Å². The summed E-state index contributed by atoms with van der Waals surface area (Å²) in [6.07, 6.45) is -0.707. The van der Waals surface area contributed by atoms with Gasteiger partial charge in [-0.25, -0.2) is 9.18 Å². The molecule has 2 aromatic carbocycles. The lowest BCUT2D eigenvalue weighted by Gasteiger charge is -2.17. The highest BCUT2D eigenvalue weighted by Crippen LogP contribution is 2.16. The van der Waals surface area contributed by atoms with Crippen LogP contribution in [0.2, 0.25) is 0 Å². The van der Waals surface area contributed by atoms with Crippen LogP contribution < -0.4 is 5.32 Å². The lowest BCUT2D eigenvalue weighted by atomic mass is 10.1. The molecule has 0 radical (unpaired) electrons. The Bertz CT molecular complexity index is 589. The maximum Gasteiger partial charge on any atom is 0.408 e. The first kappa shape index (κ1) is 15.0. The molecule has 0 aromatic heterocycles. The minimum atomic E-state index is -0.838. The van der Waals surface area contributed by atoms with Crippen LogP contribution >= 0.6 is 0 Å². The standard InChI is InChI=1S/C16H16FNO3/c17-14-9-5-4-8-13(14)15(10-19)18-16(20)21-11-12-6-2-1-3-7-12/h1-9,15,19H,10-11H2,(H,18,20)/t15-/m1/s1. The summed E-state index contributed by atoms with van der Waals surface area (Å²) in [7, 11) is 0. The lowest BCUT2D eigenvalue weighted by Crippen LogP contribution is -2.31. The van der Waals surface area contributed by atoms with Gasteiger partial charge in [0.25, 0.3) is 0 Å². The Kier molecular flexibility index (Phi) is 5.29. The van der Waals surface area contributed by atoms with E-state index in [1.807, 2.05) is 30.3 Å². The molecule has 2 rings (SSSR count). The molecule has 0 aliphatic carbocycles. The average molecular weight is 289 g/mol. The molecule has 0 fully saturated rings. The Morgan fingerprint density at radius 2 is 1.81 bits per heavy atom. The first-order chi connectivity index (χ1) is 10.2. The molecule has 2 aromatic rings. The topological polar surface area (TPSA) is 58.6 Å². The van der Waals surface area contributed by atoms with E-state index in [0.717, 1.165) is 5.56 Å². The van der Waals surface area contributed by atoms with Crippen molar-refractivity contribution in [3.05, 3.63) is 71.5 Å². The van der Waals surface area contributed by atoms with Crippen molar-refractivity contribution in [1.29, 1.82) is 0 Å². The van der Waals surface area contributed by atoms with Gasteiger partial charge in [0.1, 0.15) is 12.4 Å². The van der Waals surface area contributed by atoms with Crippen molar-refractivity contribution in [3.8, 4) is 0 Å². The van der Waals surface area contributed by atoms with E-state index in [-0.39, 0.29) is 12.2 Å². The number of carbonyl (C=O) groups excluding carboxylic acids is 1. The number of amides is 1. The van der Waals surface area contributed by atoms with Crippen molar-refractivity contribution in [3.63, 3.8) is 0 Å².